The lowest BCUT2D eigenvalue weighted by Crippen LogP contribution is -2.40. The minimum atomic E-state index is -0.544. The van der Waals surface area contributed by atoms with Gasteiger partial charge in [-0.2, -0.15) is 5.10 Å². The van der Waals surface area contributed by atoms with Crippen LogP contribution < -0.4 is 15.1 Å². The molecule has 1 unspecified atom stereocenters. The van der Waals surface area contributed by atoms with Crippen LogP contribution >= 0.6 is 0 Å². The van der Waals surface area contributed by atoms with Gasteiger partial charge < -0.3 is 19.9 Å². The molecule has 1 amide bonds. The van der Waals surface area contributed by atoms with Crippen LogP contribution in [0.1, 0.15) is 13.8 Å². The third kappa shape index (κ3) is 6.78. The summed E-state index contributed by atoms with van der Waals surface area (Å²) in [5.41, 5.74) is 2.09. The summed E-state index contributed by atoms with van der Waals surface area (Å²) in [4.78, 5) is 25.3. The summed E-state index contributed by atoms with van der Waals surface area (Å²) in [6.07, 6.45) is 1.08. The molecule has 0 saturated carbocycles. The average Bonchev–Trinajstić information content (AvgIpc) is 2.66. The van der Waals surface area contributed by atoms with E-state index in [1.807, 2.05) is 11.9 Å². The fourth-order valence-electron chi connectivity index (χ4n) is 2.96. The fraction of sp³-hybridized carbons (Fsp3) is 0.450. The summed E-state index contributed by atoms with van der Waals surface area (Å²) in [6, 6.07) is 4.92. The number of halogens is 1. The minimum absolute atomic E-state index is 0.184. The topological polar surface area (TPSA) is 77.5 Å². The normalized spacial score (nSPS) is 14.3. The molecule has 1 atom stereocenters. The van der Waals surface area contributed by atoms with Crippen molar-refractivity contribution in [2.45, 2.75) is 20.0 Å². The Bertz CT molecular complexity index is 770. The highest BCUT2D eigenvalue weighted by atomic mass is 19.1. The second kappa shape index (κ2) is 10.4. The molecular formula is C20H28FN5O3. The van der Waals surface area contributed by atoms with Gasteiger partial charge in [0.1, 0.15) is 18.3 Å². The molecule has 0 saturated heterocycles. The van der Waals surface area contributed by atoms with Gasteiger partial charge in [0.25, 0.3) is 6.47 Å². The van der Waals surface area contributed by atoms with E-state index >= 15 is 0 Å². The molecule has 1 aliphatic rings. The molecule has 9 heteroatoms. The molecule has 1 aromatic carbocycles. The number of amides is 1. The van der Waals surface area contributed by atoms with Crippen LogP contribution in [0.4, 0.5) is 15.8 Å². The van der Waals surface area contributed by atoms with Crippen molar-refractivity contribution in [3.63, 3.8) is 0 Å². The first-order valence-corrected chi connectivity index (χ1v) is 9.34. The van der Waals surface area contributed by atoms with Crippen LogP contribution in [0.15, 0.2) is 35.5 Å². The number of nitrogens with zero attached hydrogens (tertiary/aromatic N) is 4. The number of ether oxygens (including phenoxy) is 1. The lowest BCUT2D eigenvalue weighted by molar-refractivity contribution is -0.134. The van der Waals surface area contributed by atoms with E-state index in [0.29, 0.717) is 44.0 Å². The smallest absolute Gasteiger partial charge is 0.293 e. The quantitative estimate of drug-likeness (QED) is 0.471. The van der Waals surface area contributed by atoms with Gasteiger partial charge in [-0.1, -0.05) is 12.2 Å². The summed E-state index contributed by atoms with van der Waals surface area (Å²) >= 11 is 0. The number of anilines is 2. The van der Waals surface area contributed by atoms with Crippen LogP contribution in [0.5, 0.6) is 0 Å². The SMILES string of the molecule is C=C(C)CN1CCN(c2ccc(N(C)CC(CNC(C)=O)OC=O)cc2F)C=N1. The first-order valence-electron chi connectivity index (χ1n) is 9.34. The second-order valence-electron chi connectivity index (χ2n) is 7.08. The highest BCUT2D eigenvalue weighted by molar-refractivity contribution is 5.80. The first-order chi connectivity index (χ1) is 13.8. The van der Waals surface area contributed by atoms with Crippen molar-refractivity contribution in [3.05, 3.63) is 36.2 Å². The predicted molar refractivity (Wildman–Crippen MR) is 112 cm³/mol. The molecule has 8 nitrogen and oxygen atoms in total. The molecule has 2 rings (SSSR count). The Hall–Kier alpha value is -3.10. The van der Waals surface area contributed by atoms with Crippen molar-refractivity contribution in [2.24, 2.45) is 5.10 Å². The molecule has 0 bridgehead atoms. The van der Waals surface area contributed by atoms with Gasteiger partial charge in [-0.25, -0.2) is 4.39 Å². The van der Waals surface area contributed by atoms with Gasteiger partial charge in [0.15, 0.2) is 0 Å². The molecule has 158 valence electrons. The highest BCUT2D eigenvalue weighted by Gasteiger charge is 2.18. The van der Waals surface area contributed by atoms with Crippen LogP contribution in [0.3, 0.4) is 0 Å². The van der Waals surface area contributed by atoms with E-state index in [0.717, 1.165) is 5.57 Å². The zero-order chi connectivity index (χ0) is 21.4. The van der Waals surface area contributed by atoms with Crippen LogP contribution in [-0.4, -0.2) is 69.6 Å². The minimum Gasteiger partial charge on any atom is -0.461 e. The number of nitrogens with one attached hydrogen (secondary N) is 1. The maximum atomic E-state index is 14.7. The van der Waals surface area contributed by atoms with Crippen molar-refractivity contribution in [2.75, 3.05) is 49.6 Å². The number of benzene rings is 1. The molecule has 0 fully saturated rings. The van der Waals surface area contributed by atoms with Gasteiger partial charge in [0.05, 0.1) is 31.9 Å². The monoisotopic (exact) mass is 405 g/mol. The predicted octanol–water partition coefficient (Wildman–Crippen LogP) is 1.58. The van der Waals surface area contributed by atoms with E-state index in [9.17, 15) is 14.0 Å². The number of likely N-dealkylation sites (N-methyl/N-ethyl adjacent to an activating group) is 1. The Morgan fingerprint density at radius 2 is 2.21 bits per heavy atom. The van der Waals surface area contributed by atoms with Crippen molar-refractivity contribution in [1.82, 2.24) is 10.3 Å². The van der Waals surface area contributed by atoms with Crippen LogP contribution in [0.2, 0.25) is 0 Å². The lowest BCUT2D eigenvalue weighted by atomic mass is 10.2. The van der Waals surface area contributed by atoms with Gasteiger partial charge in [0.2, 0.25) is 5.91 Å². The zero-order valence-electron chi connectivity index (χ0n) is 17.1. The number of carbonyl (C=O) groups is 2. The number of hydrazone groups is 1. The number of hydrogen-bond donors (Lipinski definition) is 1. The summed E-state index contributed by atoms with van der Waals surface area (Å²) in [5.74, 6) is -0.587. The Kier molecular flexibility index (Phi) is 7.99. The van der Waals surface area contributed by atoms with Crippen molar-refractivity contribution >= 4 is 30.1 Å². The molecule has 1 aliphatic heterocycles. The Morgan fingerprint density at radius 3 is 2.76 bits per heavy atom. The molecule has 0 radical (unpaired) electrons. The largest absolute Gasteiger partial charge is 0.461 e. The van der Waals surface area contributed by atoms with Crippen molar-refractivity contribution in [1.29, 1.82) is 0 Å². The van der Waals surface area contributed by atoms with Gasteiger partial charge in [0, 0.05) is 26.2 Å². The van der Waals surface area contributed by atoms with Crippen LogP contribution in [-0.2, 0) is 14.3 Å². The first kappa shape index (κ1) is 22.2. The molecule has 0 spiro atoms. The third-order valence-electron chi connectivity index (χ3n) is 4.39. The van der Waals surface area contributed by atoms with Gasteiger partial charge in [-0.05, 0) is 25.1 Å². The standard InChI is InChI=1S/C20H28FN5O3/c1-15(2)11-26-8-7-25(13-23-26)20-6-5-17(9-19(20)21)24(4)12-18(29-14-27)10-22-16(3)28/h5-6,9,13-14,18H,1,7-8,10-12H2,2-4H3,(H,22,28). The third-order valence-corrected chi connectivity index (χ3v) is 4.39. The average molecular weight is 405 g/mol. The summed E-state index contributed by atoms with van der Waals surface area (Å²) in [7, 11) is 1.77. The van der Waals surface area contributed by atoms with E-state index in [-0.39, 0.29) is 18.3 Å². The van der Waals surface area contributed by atoms with Crippen LogP contribution in [0, 0.1) is 5.82 Å². The molecule has 0 aliphatic carbocycles. The van der Waals surface area contributed by atoms with E-state index in [1.165, 1.54) is 13.0 Å². The van der Waals surface area contributed by atoms with Crippen molar-refractivity contribution < 1.29 is 18.7 Å². The number of carbonyl (C=O) groups excluding carboxylic acids is 2. The van der Waals surface area contributed by atoms with E-state index in [4.69, 9.17) is 4.74 Å². The summed E-state index contributed by atoms with van der Waals surface area (Å²) in [5, 5.41) is 8.83. The maximum Gasteiger partial charge on any atom is 0.293 e. The highest BCUT2D eigenvalue weighted by Crippen LogP contribution is 2.25. The van der Waals surface area contributed by atoms with Crippen LogP contribution in [0.25, 0.3) is 0 Å². The lowest BCUT2D eigenvalue weighted by Gasteiger charge is -2.31. The number of hydrogen-bond acceptors (Lipinski definition) is 7. The zero-order valence-corrected chi connectivity index (χ0v) is 17.1. The Balaban J connectivity index is 2.03. The molecular weight excluding hydrogens is 377 g/mol. The van der Waals surface area contributed by atoms with Gasteiger partial charge in [-0.3, -0.25) is 14.6 Å². The second-order valence-corrected chi connectivity index (χ2v) is 7.08. The molecule has 29 heavy (non-hydrogen) atoms. The Morgan fingerprint density at radius 1 is 1.45 bits per heavy atom. The number of rotatable bonds is 10. The molecule has 1 heterocycles. The molecule has 1 aromatic rings. The van der Waals surface area contributed by atoms with Crippen molar-refractivity contribution in [3.8, 4) is 0 Å². The van der Waals surface area contributed by atoms with Gasteiger partial charge >= 0.3 is 0 Å². The summed E-state index contributed by atoms with van der Waals surface area (Å²) < 4.78 is 19.7. The van der Waals surface area contributed by atoms with E-state index in [2.05, 4.69) is 17.0 Å². The van der Waals surface area contributed by atoms with E-state index < -0.39 is 6.10 Å². The Labute approximate surface area is 170 Å². The fourth-order valence-corrected chi connectivity index (χ4v) is 2.96. The van der Waals surface area contributed by atoms with E-state index in [1.54, 1.807) is 35.3 Å². The molecule has 1 N–H and O–H groups in total. The summed E-state index contributed by atoms with van der Waals surface area (Å²) in [6.45, 7) is 10.0. The van der Waals surface area contributed by atoms with Gasteiger partial charge in [-0.15, -0.1) is 0 Å². The maximum absolute atomic E-state index is 14.7. The molecule has 0 aromatic heterocycles.